The molecule has 3 unspecified atom stereocenters. The van der Waals surface area contributed by atoms with Crippen LogP contribution in [-0.2, 0) is 14.9 Å². The van der Waals surface area contributed by atoms with Crippen LogP contribution in [-0.4, -0.2) is 44.1 Å². The van der Waals surface area contributed by atoms with E-state index in [4.69, 9.17) is 4.74 Å². The molecule has 25 heavy (non-hydrogen) atoms. The maximum atomic E-state index is 13.1. The van der Waals surface area contributed by atoms with Gasteiger partial charge in [0.1, 0.15) is 0 Å². The highest BCUT2D eigenvalue weighted by molar-refractivity contribution is 7.87. The fourth-order valence-electron chi connectivity index (χ4n) is 6.83. The van der Waals surface area contributed by atoms with Crippen LogP contribution in [0, 0.1) is 23.2 Å². The van der Waals surface area contributed by atoms with E-state index in [-0.39, 0.29) is 23.7 Å². The van der Waals surface area contributed by atoms with Crippen LogP contribution in [0.3, 0.4) is 0 Å². The molecule has 1 aliphatic heterocycles. The number of hydrogen-bond acceptors (Lipinski definition) is 3. The third kappa shape index (κ3) is 3.40. The molecule has 4 bridgehead atoms. The zero-order valence-electron chi connectivity index (χ0n) is 15.9. The minimum absolute atomic E-state index is 0.0417. The Balaban J connectivity index is 1.52. The molecule has 144 valence electrons. The second kappa shape index (κ2) is 6.47. The zero-order chi connectivity index (χ0) is 17.8. The Morgan fingerprint density at radius 1 is 1.04 bits per heavy atom. The van der Waals surface area contributed by atoms with E-state index in [2.05, 4.69) is 11.6 Å². The molecule has 5 rings (SSSR count). The van der Waals surface area contributed by atoms with Gasteiger partial charge in [0.2, 0.25) is 0 Å². The maximum absolute atomic E-state index is 13.1. The van der Waals surface area contributed by atoms with Gasteiger partial charge >= 0.3 is 0 Å². The average Bonchev–Trinajstić information content (AvgIpc) is 2.50. The van der Waals surface area contributed by atoms with Crippen molar-refractivity contribution in [3.63, 3.8) is 0 Å². The van der Waals surface area contributed by atoms with Gasteiger partial charge in [-0.25, -0.2) is 0 Å². The van der Waals surface area contributed by atoms with E-state index in [1.165, 1.54) is 38.5 Å². The molecule has 5 aliphatic rings. The molecule has 6 heteroatoms. The van der Waals surface area contributed by atoms with Gasteiger partial charge in [-0.3, -0.25) is 0 Å². The third-order valence-electron chi connectivity index (χ3n) is 7.25. The fourth-order valence-corrected chi connectivity index (χ4v) is 8.56. The van der Waals surface area contributed by atoms with Crippen LogP contribution in [0.4, 0.5) is 0 Å². The predicted octanol–water partition coefficient (Wildman–Crippen LogP) is 2.93. The molecule has 0 aromatic carbocycles. The normalized spacial score (nSPS) is 45.6. The molecule has 0 amide bonds. The molecule has 0 spiro atoms. The summed E-state index contributed by atoms with van der Waals surface area (Å²) in [5.41, 5.74) is 0.208. The Bertz CT molecular complexity index is 561. The van der Waals surface area contributed by atoms with Crippen LogP contribution in [0.1, 0.15) is 65.7 Å². The second-order valence-corrected chi connectivity index (χ2v) is 11.1. The lowest BCUT2D eigenvalue weighted by atomic mass is 9.47. The van der Waals surface area contributed by atoms with E-state index < -0.39 is 10.2 Å². The first kappa shape index (κ1) is 18.2. The van der Waals surface area contributed by atoms with Crippen LogP contribution in [0.15, 0.2) is 0 Å². The molecule has 0 radical (unpaired) electrons. The van der Waals surface area contributed by atoms with Gasteiger partial charge in [-0.05, 0) is 82.0 Å². The topological polar surface area (TPSA) is 58.6 Å². The van der Waals surface area contributed by atoms with E-state index in [0.29, 0.717) is 13.1 Å². The Hall–Kier alpha value is -0.170. The summed E-state index contributed by atoms with van der Waals surface area (Å²) in [6, 6.07) is 0.0827. The Morgan fingerprint density at radius 2 is 1.52 bits per heavy atom. The summed E-state index contributed by atoms with van der Waals surface area (Å²) in [7, 11) is -3.45. The average molecular weight is 371 g/mol. The molecule has 4 aliphatic carbocycles. The van der Waals surface area contributed by atoms with Gasteiger partial charge in [-0.15, -0.1) is 0 Å². The van der Waals surface area contributed by atoms with Crippen molar-refractivity contribution in [2.45, 2.75) is 84.0 Å². The molecule has 5 fully saturated rings. The van der Waals surface area contributed by atoms with Crippen molar-refractivity contribution in [2.24, 2.45) is 23.2 Å². The van der Waals surface area contributed by atoms with Crippen LogP contribution in [0.2, 0.25) is 0 Å². The second-order valence-electron chi connectivity index (χ2n) is 9.44. The van der Waals surface area contributed by atoms with Gasteiger partial charge in [0.15, 0.2) is 0 Å². The fraction of sp³-hybridized carbons (Fsp3) is 1.00. The molecule has 4 saturated carbocycles. The zero-order valence-corrected chi connectivity index (χ0v) is 16.7. The highest BCUT2D eigenvalue weighted by atomic mass is 32.2. The number of ether oxygens (including phenoxy) is 1. The summed E-state index contributed by atoms with van der Waals surface area (Å²) in [5, 5.41) is 0. The first-order valence-corrected chi connectivity index (χ1v) is 11.7. The third-order valence-corrected chi connectivity index (χ3v) is 8.81. The molecular formula is C19H34N2O3S. The number of hydrogen-bond donors (Lipinski definition) is 1. The first-order valence-electron chi connectivity index (χ1n) is 10.2. The van der Waals surface area contributed by atoms with Gasteiger partial charge in [-0.2, -0.15) is 17.4 Å². The van der Waals surface area contributed by atoms with Crippen molar-refractivity contribution in [3.05, 3.63) is 0 Å². The number of rotatable bonds is 5. The highest BCUT2D eigenvalue weighted by Crippen LogP contribution is 2.61. The molecule has 1 heterocycles. The molecule has 3 atom stereocenters. The summed E-state index contributed by atoms with van der Waals surface area (Å²) in [6.45, 7) is 6.97. The van der Waals surface area contributed by atoms with Crippen LogP contribution >= 0.6 is 0 Å². The SMILES string of the molecule is CCC(NS(=O)(=O)N1CC(C)OC(C)C1)C12CC3CC(CC(C3)C1)C2. The lowest BCUT2D eigenvalue weighted by Crippen LogP contribution is -2.60. The summed E-state index contributed by atoms with van der Waals surface area (Å²) in [6.07, 6.45) is 8.67. The number of nitrogens with one attached hydrogen (secondary N) is 1. The van der Waals surface area contributed by atoms with E-state index in [1.807, 2.05) is 13.8 Å². The van der Waals surface area contributed by atoms with Gasteiger partial charge < -0.3 is 4.74 Å². The van der Waals surface area contributed by atoms with Crippen molar-refractivity contribution in [1.82, 2.24) is 9.03 Å². The molecule has 1 saturated heterocycles. The van der Waals surface area contributed by atoms with Crippen molar-refractivity contribution in [3.8, 4) is 0 Å². The predicted molar refractivity (Wildman–Crippen MR) is 98.3 cm³/mol. The summed E-state index contributed by atoms with van der Waals surface area (Å²) >= 11 is 0. The number of nitrogens with zero attached hydrogens (tertiary/aromatic N) is 1. The molecule has 1 N–H and O–H groups in total. The highest BCUT2D eigenvalue weighted by Gasteiger charge is 2.54. The van der Waals surface area contributed by atoms with Crippen molar-refractivity contribution < 1.29 is 13.2 Å². The van der Waals surface area contributed by atoms with Gasteiger partial charge in [0, 0.05) is 19.1 Å². The van der Waals surface area contributed by atoms with Gasteiger partial charge in [0.25, 0.3) is 10.2 Å². The molecule has 5 nitrogen and oxygen atoms in total. The van der Waals surface area contributed by atoms with Gasteiger partial charge in [0.05, 0.1) is 12.2 Å². The quantitative estimate of drug-likeness (QED) is 0.809. The minimum Gasteiger partial charge on any atom is -0.373 e. The van der Waals surface area contributed by atoms with Crippen LogP contribution < -0.4 is 4.72 Å². The summed E-state index contributed by atoms with van der Waals surface area (Å²) in [5.74, 6) is 2.52. The minimum atomic E-state index is -3.45. The van der Waals surface area contributed by atoms with Crippen LogP contribution in [0.25, 0.3) is 0 Å². The Kier molecular flexibility index (Phi) is 4.71. The van der Waals surface area contributed by atoms with E-state index in [9.17, 15) is 8.42 Å². The first-order chi connectivity index (χ1) is 11.8. The monoisotopic (exact) mass is 370 g/mol. The molecular weight excluding hydrogens is 336 g/mol. The Morgan fingerprint density at radius 3 is 1.96 bits per heavy atom. The van der Waals surface area contributed by atoms with Gasteiger partial charge in [-0.1, -0.05) is 6.92 Å². The van der Waals surface area contributed by atoms with E-state index in [1.54, 1.807) is 4.31 Å². The largest absolute Gasteiger partial charge is 0.373 e. The van der Waals surface area contributed by atoms with Crippen LogP contribution in [0.5, 0.6) is 0 Å². The maximum Gasteiger partial charge on any atom is 0.279 e. The molecule has 0 aromatic heterocycles. The lowest BCUT2D eigenvalue weighted by molar-refractivity contribution is -0.0714. The van der Waals surface area contributed by atoms with Crippen molar-refractivity contribution in [2.75, 3.05) is 13.1 Å². The smallest absolute Gasteiger partial charge is 0.279 e. The van der Waals surface area contributed by atoms with Crippen molar-refractivity contribution >= 4 is 10.2 Å². The standard InChI is InChI=1S/C19H34N2O3S/c1-4-18(19-8-15-5-16(9-19)7-17(6-15)10-19)20-25(22,23)21-11-13(2)24-14(3)12-21/h13-18,20H,4-12H2,1-3H3. The van der Waals surface area contributed by atoms with E-state index >= 15 is 0 Å². The summed E-state index contributed by atoms with van der Waals surface area (Å²) in [4.78, 5) is 0. The number of morpholine rings is 1. The summed E-state index contributed by atoms with van der Waals surface area (Å²) < 4.78 is 36.7. The lowest BCUT2D eigenvalue weighted by Gasteiger charge is -2.59. The molecule has 0 aromatic rings. The van der Waals surface area contributed by atoms with Crippen molar-refractivity contribution in [1.29, 1.82) is 0 Å². The Labute approximate surface area is 153 Å². The van der Waals surface area contributed by atoms with E-state index in [0.717, 1.165) is 24.2 Å².